The first-order chi connectivity index (χ1) is 13.3. The lowest BCUT2D eigenvalue weighted by Crippen LogP contribution is -2.26. The molecule has 0 aliphatic carbocycles. The van der Waals surface area contributed by atoms with Crippen LogP contribution in [0, 0.1) is 0 Å². The second kappa shape index (κ2) is 8.24. The Morgan fingerprint density at radius 2 is 2.04 bits per heavy atom. The van der Waals surface area contributed by atoms with E-state index in [-0.39, 0.29) is 28.2 Å². The molecule has 148 valence electrons. The minimum Gasteiger partial charge on any atom is -0.497 e. The van der Waals surface area contributed by atoms with Crippen molar-refractivity contribution in [1.29, 1.82) is 0 Å². The summed E-state index contributed by atoms with van der Waals surface area (Å²) in [6.45, 7) is 1.79. The molecule has 0 bridgehead atoms. The van der Waals surface area contributed by atoms with Gasteiger partial charge in [-0.1, -0.05) is 6.07 Å². The summed E-state index contributed by atoms with van der Waals surface area (Å²) >= 11 is 1.38. The molecule has 2 aromatic rings. The molecule has 1 aliphatic heterocycles. The summed E-state index contributed by atoms with van der Waals surface area (Å²) in [4.78, 5) is 24.8. The molecule has 2 N–H and O–H groups in total. The van der Waals surface area contributed by atoms with Gasteiger partial charge in [0.05, 0.1) is 28.7 Å². The Hall–Kier alpha value is -2.52. The minimum atomic E-state index is -3.67. The average molecular weight is 421 g/mol. The smallest absolute Gasteiger partial charge is 0.237 e. The van der Waals surface area contributed by atoms with Crippen molar-refractivity contribution in [3.8, 4) is 5.75 Å². The lowest BCUT2D eigenvalue weighted by molar-refractivity contribution is -0.116. The highest BCUT2D eigenvalue weighted by molar-refractivity contribution is 8.01. The number of amides is 2. The number of ether oxygens (including phenoxy) is 1. The predicted molar refractivity (Wildman–Crippen MR) is 109 cm³/mol. The van der Waals surface area contributed by atoms with E-state index in [9.17, 15) is 18.0 Å². The number of methoxy groups -OCH3 is 1. The van der Waals surface area contributed by atoms with Crippen LogP contribution in [0.3, 0.4) is 0 Å². The van der Waals surface area contributed by atoms with E-state index in [0.717, 1.165) is 4.90 Å². The van der Waals surface area contributed by atoms with Crippen molar-refractivity contribution in [2.24, 2.45) is 0 Å². The van der Waals surface area contributed by atoms with E-state index in [2.05, 4.69) is 10.6 Å². The number of thioether (sulfide) groups is 1. The van der Waals surface area contributed by atoms with Crippen molar-refractivity contribution < 1.29 is 22.7 Å². The molecule has 3 rings (SSSR count). The van der Waals surface area contributed by atoms with Gasteiger partial charge in [-0.3, -0.25) is 9.59 Å². The molecule has 1 atom stereocenters. The molecule has 7 nitrogen and oxygen atoms in total. The van der Waals surface area contributed by atoms with E-state index in [1.165, 1.54) is 31.0 Å². The van der Waals surface area contributed by atoms with Crippen LogP contribution >= 0.6 is 11.8 Å². The molecule has 1 heterocycles. The third-order valence-electron chi connectivity index (χ3n) is 4.19. The molecule has 28 heavy (non-hydrogen) atoms. The van der Waals surface area contributed by atoms with Gasteiger partial charge in [0.2, 0.25) is 11.8 Å². The summed E-state index contributed by atoms with van der Waals surface area (Å²) in [5.41, 5.74) is 1.01. The number of fused-ring (bicyclic) bond motifs is 1. The Kier molecular flexibility index (Phi) is 5.95. The van der Waals surface area contributed by atoms with Crippen LogP contribution in [0.2, 0.25) is 0 Å². The summed E-state index contributed by atoms with van der Waals surface area (Å²) in [5, 5.41) is 5.15. The van der Waals surface area contributed by atoms with Gasteiger partial charge >= 0.3 is 0 Å². The number of hydrogen-bond acceptors (Lipinski definition) is 6. The predicted octanol–water partition coefficient (Wildman–Crippen LogP) is 2.93. The number of anilines is 2. The molecule has 0 aromatic heterocycles. The van der Waals surface area contributed by atoms with Gasteiger partial charge in [0.25, 0.3) is 0 Å². The Morgan fingerprint density at radius 3 is 2.79 bits per heavy atom. The van der Waals surface area contributed by atoms with Crippen LogP contribution in [0.4, 0.5) is 11.4 Å². The maximum atomic E-state index is 12.6. The molecular formula is C19H20N2O5S2. The lowest BCUT2D eigenvalue weighted by Gasteiger charge is -2.21. The molecular weight excluding hydrogens is 400 g/mol. The summed E-state index contributed by atoms with van der Waals surface area (Å²) < 4.78 is 30.3. The highest BCUT2D eigenvalue weighted by Crippen LogP contribution is 2.36. The molecule has 9 heteroatoms. The van der Waals surface area contributed by atoms with Gasteiger partial charge in [0.1, 0.15) is 5.75 Å². The van der Waals surface area contributed by atoms with Crippen LogP contribution in [0.5, 0.6) is 5.75 Å². The normalized spacial score (nSPS) is 16.1. The number of carbonyl (C=O) groups is 2. The van der Waals surface area contributed by atoms with Gasteiger partial charge in [-0.05, 0) is 37.3 Å². The zero-order valence-electron chi connectivity index (χ0n) is 15.4. The fourth-order valence-electron chi connectivity index (χ4n) is 2.65. The molecule has 2 amide bonds. The monoisotopic (exact) mass is 420 g/mol. The third-order valence-corrected chi connectivity index (χ3v) is 7.08. The van der Waals surface area contributed by atoms with Crippen LogP contribution in [-0.2, 0) is 19.4 Å². The third kappa shape index (κ3) is 4.66. The van der Waals surface area contributed by atoms with Crippen LogP contribution < -0.4 is 15.4 Å². The highest BCUT2D eigenvalue weighted by Gasteiger charge is 2.25. The lowest BCUT2D eigenvalue weighted by atomic mass is 10.3. The van der Waals surface area contributed by atoms with E-state index in [4.69, 9.17) is 4.74 Å². The molecule has 2 aromatic carbocycles. The van der Waals surface area contributed by atoms with Crippen molar-refractivity contribution >= 4 is 44.8 Å². The number of nitrogens with one attached hydrogen (secondary N) is 2. The zero-order chi connectivity index (χ0) is 20.3. The Balaban J connectivity index is 1.66. The highest BCUT2D eigenvalue weighted by atomic mass is 32.2. The minimum absolute atomic E-state index is 0.0795. The summed E-state index contributed by atoms with van der Waals surface area (Å²) in [7, 11) is -2.15. The zero-order valence-corrected chi connectivity index (χ0v) is 17.0. The summed E-state index contributed by atoms with van der Waals surface area (Å²) in [6, 6.07) is 11.4. The molecule has 1 aliphatic rings. The second-order valence-electron chi connectivity index (χ2n) is 6.26. The number of carbonyl (C=O) groups excluding carboxylic acids is 2. The van der Waals surface area contributed by atoms with Crippen LogP contribution in [0.1, 0.15) is 13.3 Å². The molecule has 0 fully saturated rings. The van der Waals surface area contributed by atoms with E-state index in [0.29, 0.717) is 17.1 Å². The van der Waals surface area contributed by atoms with Crippen molar-refractivity contribution in [3.05, 3.63) is 42.5 Å². The summed E-state index contributed by atoms with van der Waals surface area (Å²) in [5.74, 6) is -0.315. The first-order valence-corrected chi connectivity index (χ1v) is 11.1. The van der Waals surface area contributed by atoms with E-state index >= 15 is 0 Å². The maximum Gasteiger partial charge on any atom is 0.237 e. The first-order valence-electron chi connectivity index (χ1n) is 8.57. The van der Waals surface area contributed by atoms with Crippen molar-refractivity contribution in [1.82, 2.24) is 0 Å². The topological polar surface area (TPSA) is 102 Å². The maximum absolute atomic E-state index is 12.6. The van der Waals surface area contributed by atoms with Gasteiger partial charge in [0.15, 0.2) is 9.84 Å². The molecule has 0 spiro atoms. The van der Waals surface area contributed by atoms with Crippen molar-refractivity contribution in [2.45, 2.75) is 28.4 Å². The molecule has 0 radical (unpaired) electrons. The molecule has 0 unspecified atom stereocenters. The van der Waals surface area contributed by atoms with Crippen LogP contribution in [0.25, 0.3) is 0 Å². The van der Waals surface area contributed by atoms with E-state index < -0.39 is 15.7 Å². The summed E-state index contributed by atoms with van der Waals surface area (Å²) in [6.07, 6.45) is -0.186. The number of hydrogen-bond donors (Lipinski definition) is 2. The molecule has 0 saturated heterocycles. The van der Waals surface area contributed by atoms with Crippen molar-refractivity contribution in [3.63, 3.8) is 0 Å². The van der Waals surface area contributed by atoms with Gasteiger partial charge < -0.3 is 15.4 Å². The number of benzene rings is 2. The fourth-order valence-corrected chi connectivity index (χ4v) is 4.84. The number of sulfone groups is 1. The van der Waals surface area contributed by atoms with Crippen molar-refractivity contribution in [2.75, 3.05) is 23.5 Å². The van der Waals surface area contributed by atoms with Gasteiger partial charge in [-0.15, -0.1) is 11.8 Å². The van der Waals surface area contributed by atoms with Crippen LogP contribution in [0.15, 0.2) is 52.3 Å². The quantitative estimate of drug-likeness (QED) is 0.745. The standard InChI is InChI=1S/C19H20N2O5S2/c1-12-19(23)21-16-11-15(6-7-17(16)27-12)28(24,25)9-8-18(22)20-13-4-3-5-14(10-13)26-2/h3-7,10-12H,8-9H2,1-2H3,(H,20,22)(H,21,23)/t12-/m0/s1. The van der Waals surface area contributed by atoms with Gasteiger partial charge in [-0.25, -0.2) is 8.42 Å². The first kappa shape index (κ1) is 20.2. The van der Waals surface area contributed by atoms with E-state index in [1.54, 1.807) is 37.3 Å². The fraction of sp³-hybridized carbons (Fsp3) is 0.263. The van der Waals surface area contributed by atoms with Crippen LogP contribution in [-0.4, -0.2) is 38.3 Å². The molecule has 0 saturated carbocycles. The Bertz CT molecular complexity index is 1020. The number of rotatable bonds is 6. The Labute approximate surface area is 167 Å². The SMILES string of the molecule is COc1cccc(NC(=O)CCS(=O)(=O)c2ccc3c(c2)NC(=O)[C@H](C)S3)c1. The average Bonchev–Trinajstić information content (AvgIpc) is 2.67. The largest absolute Gasteiger partial charge is 0.497 e. The van der Waals surface area contributed by atoms with Gasteiger partial charge in [0, 0.05) is 23.1 Å². The van der Waals surface area contributed by atoms with E-state index in [1.807, 2.05) is 0 Å². The Morgan fingerprint density at radius 1 is 1.25 bits per heavy atom. The van der Waals surface area contributed by atoms with Gasteiger partial charge in [-0.2, -0.15) is 0 Å². The second-order valence-corrected chi connectivity index (χ2v) is 9.75.